The number of primary amides is 1. The van der Waals surface area contributed by atoms with E-state index in [0.29, 0.717) is 120 Å². The maximum absolute atomic E-state index is 14.5. The van der Waals surface area contributed by atoms with E-state index in [1.165, 1.54) is 16.7 Å². The second kappa shape index (κ2) is 19.4. The van der Waals surface area contributed by atoms with E-state index >= 15 is 0 Å². The van der Waals surface area contributed by atoms with Crippen molar-refractivity contribution in [3.05, 3.63) is 59.7 Å². The van der Waals surface area contributed by atoms with E-state index in [1.807, 2.05) is 19.1 Å². The van der Waals surface area contributed by atoms with Gasteiger partial charge in [-0.1, -0.05) is 5.21 Å². The summed E-state index contributed by atoms with van der Waals surface area (Å²) < 4.78 is 1.61. The number of likely N-dealkylation sites (tertiary alicyclic amines) is 6. The number of pyridine rings is 2. The molecule has 3 N–H and O–H groups in total. The Morgan fingerprint density at radius 2 is 1.07 bits per heavy atom. The number of hydrogen-bond acceptors (Lipinski definition) is 12. The number of carbonyl (C=O) groups excluding carboxylic acids is 8. The van der Waals surface area contributed by atoms with E-state index in [2.05, 4.69) is 25.6 Å². The summed E-state index contributed by atoms with van der Waals surface area (Å²) >= 11 is 0. The van der Waals surface area contributed by atoms with Crippen molar-refractivity contribution in [3.63, 3.8) is 0 Å². The Hall–Kier alpha value is -6.80. The smallest absolute Gasteiger partial charge is 0.251 e. The third-order valence-electron chi connectivity index (χ3n) is 14.7. The summed E-state index contributed by atoms with van der Waals surface area (Å²) in [6.45, 7) is 5.39. The average Bonchev–Trinajstić information content (AvgIpc) is 4.20. The van der Waals surface area contributed by atoms with Crippen LogP contribution in [0, 0.1) is 6.92 Å². The number of carbonyl (C=O) groups is 8. The van der Waals surface area contributed by atoms with Crippen molar-refractivity contribution >= 4 is 47.3 Å². The van der Waals surface area contributed by atoms with E-state index in [-0.39, 0.29) is 60.9 Å². The fourth-order valence-electron chi connectivity index (χ4n) is 11.3. The molecule has 0 aliphatic carbocycles. The number of aromatic nitrogens is 5. The topological polar surface area (TPSA) is 251 Å². The lowest BCUT2D eigenvalue weighted by Crippen LogP contribution is -2.58. The van der Waals surface area contributed by atoms with E-state index in [9.17, 15) is 38.4 Å². The van der Waals surface area contributed by atoms with Gasteiger partial charge in [0.2, 0.25) is 41.4 Å². The Balaban J connectivity index is 0.822. The van der Waals surface area contributed by atoms with Crippen LogP contribution >= 0.6 is 0 Å². The Morgan fingerprint density at radius 3 is 1.56 bits per heavy atom. The molecule has 6 saturated heterocycles. The molecule has 9 rings (SSSR count). The van der Waals surface area contributed by atoms with Gasteiger partial charge in [0.25, 0.3) is 5.91 Å². The summed E-state index contributed by atoms with van der Waals surface area (Å²) in [4.78, 5) is 128. The Bertz CT molecular complexity index is 2500. The Labute approximate surface area is 393 Å². The quantitative estimate of drug-likeness (QED) is 0.268. The maximum Gasteiger partial charge on any atom is 0.251 e. The SMILES string of the molecule is CC(=O)N1C[C@@H](n2cc(CNC(=O)c3ccnc(-c4cc(C)ccn4)c3)nn2)C[C@H]1C(=O)N1CCC[C@H]1C(=O)N1CCC[C@H]1C(=O)N1CCC[C@H]1C(=O)N1CCC[C@H]1C(=O)N1CCC[C@H]1C(N)=O. The number of amides is 8. The number of aryl methyl sites for hydroxylation is 1. The standard InChI is InChI=1S/C47H59N13O8/c1-28-13-15-49-33(22-28)34-23-30(14-16-50-34)42(63)51-25-31-26-60(53-52-31)32-24-40(59(27-32)29(2)61)47(68)58-21-7-12-39(58)46(67)57-20-6-11-38(57)45(66)56-19-5-10-37(56)44(65)55-18-4-9-36(55)43(64)54-17-3-8-35(54)41(48)62/h13-16,22-23,26,32,35-40H,3-12,17-21,24-25,27H2,1-2H3,(H2,48,62)(H,51,63)/t32-,35-,36-,37-,38-,39-,40-/m0/s1. The molecule has 3 aromatic rings. The summed E-state index contributed by atoms with van der Waals surface area (Å²) in [6, 6.07) is 1.98. The average molecular weight is 934 g/mol. The summed E-state index contributed by atoms with van der Waals surface area (Å²) in [6.07, 6.45) is 10.4. The third kappa shape index (κ3) is 9.01. The van der Waals surface area contributed by atoms with Crippen LogP contribution in [-0.4, -0.2) is 177 Å². The van der Waals surface area contributed by atoms with Crippen molar-refractivity contribution in [1.29, 1.82) is 0 Å². The number of nitrogens with zero attached hydrogens (tertiary/aromatic N) is 11. The van der Waals surface area contributed by atoms with Gasteiger partial charge in [0, 0.05) is 70.6 Å². The first-order valence-corrected chi connectivity index (χ1v) is 24.0. The molecule has 21 nitrogen and oxygen atoms in total. The minimum absolute atomic E-state index is 0.0791. The highest BCUT2D eigenvalue weighted by Crippen LogP contribution is 2.34. The van der Waals surface area contributed by atoms with Gasteiger partial charge < -0.3 is 40.4 Å². The van der Waals surface area contributed by atoms with Crippen LogP contribution in [0.2, 0.25) is 0 Å². The third-order valence-corrected chi connectivity index (χ3v) is 14.7. The molecular formula is C47H59N13O8. The van der Waals surface area contributed by atoms with Crippen LogP contribution in [0.5, 0.6) is 0 Å². The number of nitrogens with two attached hydrogens (primary N) is 1. The van der Waals surface area contributed by atoms with Gasteiger partial charge in [-0.2, -0.15) is 0 Å². The molecule has 0 bridgehead atoms. The van der Waals surface area contributed by atoms with Crippen molar-refractivity contribution in [2.75, 3.05) is 39.3 Å². The molecule has 0 radical (unpaired) electrons. The van der Waals surface area contributed by atoms with Crippen molar-refractivity contribution in [1.82, 2.24) is 59.7 Å². The van der Waals surface area contributed by atoms with Gasteiger partial charge in [-0.25, -0.2) is 4.68 Å². The molecular weight excluding hydrogens is 875 g/mol. The monoisotopic (exact) mass is 933 g/mol. The molecule has 9 heterocycles. The summed E-state index contributed by atoms with van der Waals surface area (Å²) in [5.41, 5.74) is 8.73. The predicted octanol–water partition coefficient (Wildman–Crippen LogP) is 0.576. The molecule has 0 unspecified atom stereocenters. The van der Waals surface area contributed by atoms with Gasteiger partial charge in [-0.3, -0.25) is 48.3 Å². The van der Waals surface area contributed by atoms with E-state index in [4.69, 9.17) is 5.73 Å². The van der Waals surface area contributed by atoms with Crippen molar-refractivity contribution < 1.29 is 38.4 Å². The molecule has 0 spiro atoms. The molecule has 0 saturated carbocycles. The lowest BCUT2D eigenvalue weighted by atomic mass is 10.1. The van der Waals surface area contributed by atoms with Gasteiger partial charge in [-0.05, 0) is 101 Å². The van der Waals surface area contributed by atoms with Crippen LogP contribution < -0.4 is 11.1 Å². The van der Waals surface area contributed by atoms with E-state index in [1.54, 1.807) is 55.0 Å². The Morgan fingerprint density at radius 1 is 0.618 bits per heavy atom. The van der Waals surface area contributed by atoms with Crippen molar-refractivity contribution in [2.24, 2.45) is 5.73 Å². The molecule has 6 fully saturated rings. The second-order valence-electron chi connectivity index (χ2n) is 18.9. The highest BCUT2D eigenvalue weighted by Gasteiger charge is 2.50. The lowest BCUT2D eigenvalue weighted by molar-refractivity contribution is -0.154. The first-order valence-electron chi connectivity index (χ1n) is 24.0. The van der Waals surface area contributed by atoms with Crippen molar-refractivity contribution in [2.45, 2.75) is 133 Å². The van der Waals surface area contributed by atoms with E-state index in [0.717, 1.165) is 5.56 Å². The minimum Gasteiger partial charge on any atom is -0.368 e. The second-order valence-corrected chi connectivity index (χ2v) is 18.9. The van der Waals surface area contributed by atoms with Crippen LogP contribution in [-0.2, 0) is 40.1 Å². The first kappa shape index (κ1) is 46.3. The number of rotatable bonds is 11. The molecule has 21 heteroatoms. The summed E-state index contributed by atoms with van der Waals surface area (Å²) in [5.74, 6) is -2.75. The summed E-state index contributed by atoms with van der Waals surface area (Å²) in [7, 11) is 0. The number of hydrogen-bond donors (Lipinski definition) is 2. The van der Waals surface area contributed by atoms with Gasteiger partial charge in [0.15, 0.2) is 0 Å². The van der Waals surface area contributed by atoms with E-state index < -0.39 is 48.2 Å². The largest absolute Gasteiger partial charge is 0.368 e. The van der Waals surface area contributed by atoms with Crippen LogP contribution in [0.1, 0.15) is 105 Å². The highest BCUT2D eigenvalue weighted by molar-refractivity contribution is 5.98. The van der Waals surface area contributed by atoms with Crippen molar-refractivity contribution in [3.8, 4) is 11.4 Å². The fourth-order valence-corrected chi connectivity index (χ4v) is 11.3. The van der Waals surface area contributed by atoms with Gasteiger partial charge in [0.05, 0.1) is 30.2 Å². The zero-order valence-corrected chi connectivity index (χ0v) is 38.6. The highest BCUT2D eigenvalue weighted by atomic mass is 16.2. The lowest BCUT2D eigenvalue weighted by Gasteiger charge is -2.36. The minimum atomic E-state index is -0.858. The summed E-state index contributed by atoms with van der Waals surface area (Å²) in [5, 5.41) is 11.4. The molecule has 6 aliphatic heterocycles. The molecule has 3 aromatic heterocycles. The predicted molar refractivity (Wildman–Crippen MR) is 241 cm³/mol. The van der Waals surface area contributed by atoms with Crippen LogP contribution in [0.3, 0.4) is 0 Å². The molecule has 7 atom stereocenters. The van der Waals surface area contributed by atoms with Crippen LogP contribution in [0.4, 0.5) is 0 Å². The maximum atomic E-state index is 14.5. The molecule has 68 heavy (non-hydrogen) atoms. The molecule has 8 amide bonds. The van der Waals surface area contributed by atoms with Crippen LogP contribution in [0.25, 0.3) is 11.4 Å². The molecule has 6 aliphatic rings. The zero-order chi connectivity index (χ0) is 47.8. The normalized spacial score (nSPS) is 25.9. The van der Waals surface area contributed by atoms with Crippen LogP contribution in [0.15, 0.2) is 42.9 Å². The first-order chi connectivity index (χ1) is 32.8. The molecule has 0 aromatic carbocycles. The Kier molecular flexibility index (Phi) is 13.2. The van der Waals surface area contributed by atoms with Gasteiger partial charge in [-0.15, -0.1) is 5.10 Å². The van der Waals surface area contributed by atoms with Gasteiger partial charge >= 0.3 is 0 Å². The zero-order valence-electron chi connectivity index (χ0n) is 38.6. The number of nitrogens with one attached hydrogen (secondary N) is 1. The molecule has 360 valence electrons. The fraction of sp³-hybridized carbons (Fsp3) is 0.574. The van der Waals surface area contributed by atoms with Gasteiger partial charge in [0.1, 0.15) is 41.9 Å².